The van der Waals surface area contributed by atoms with Gasteiger partial charge in [-0.15, -0.1) is 0 Å². The largest absolute Gasteiger partial charge is 0.494 e. The Morgan fingerprint density at radius 3 is 2.95 bits per heavy atom. The quantitative estimate of drug-likeness (QED) is 0.303. The SMILES string of the molecule is COc1cc(F)c(NC(=O)C=CCN(C)C)cc1Nc1ncc(Cl)c(-c2cn3c4c(cccc24)OCC3)n1. The van der Waals surface area contributed by atoms with Crippen LogP contribution in [0.25, 0.3) is 22.2 Å². The number of para-hydroxylation sites is 1. The van der Waals surface area contributed by atoms with Crippen molar-refractivity contribution in [3.05, 3.63) is 65.7 Å². The highest BCUT2D eigenvalue weighted by atomic mass is 35.5. The Balaban J connectivity index is 1.47. The van der Waals surface area contributed by atoms with Gasteiger partial charge >= 0.3 is 0 Å². The number of rotatable bonds is 8. The van der Waals surface area contributed by atoms with Gasteiger partial charge in [0, 0.05) is 35.8 Å². The third kappa shape index (κ3) is 5.13. The predicted molar refractivity (Wildman–Crippen MR) is 146 cm³/mol. The zero-order valence-electron chi connectivity index (χ0n) is 21.1. The van der Waals surface area contributed by atoms with E-state index < -0.39 is 11.7 Å². The van der Waals surface area contributed by atoms with Crippen molar-refractivity contribution in [2.45, 2.75) is 6.54 Å². The Morgan fingerprint density at radius 2 is 2.16 bits per heavy atom. The maximum atomic E-state index is 14.7. The molecule has 2 N–H and O–H groups in total. The fourth-order valence-electron chi connectivity index (χ4n) is 4.26. The molecule has 1 amide bonds. The Bertz CT molecular complexity index is 1550. The molecule has 1 aliphatic heterocycles. The van der Waals surface area contributed by atoms with E-state index in [-0.39, 0.29) is 17.4 Å². The summed E-state index contributed by atoms with van der Waals surface area (Å²) in [4.78, 5) is 23.2. The number of amides is 1. The van der Waals surface area contributed by atoms with Crippen molar-refractivity contribution >= 4 is 45.7 Å². The van der Waals surface area contributed by atoms with E-state index >= 15 is 0 Å². The zero-order valence-corrected chi connectivity index (χ0v) is 21.8. The summed E-state index contributed by atoms with van der Waals surface area (Å²) < 4.78 is 28.0. The topological polar surface area (TPSA) is 93.5 Å². The number of nitrogens with zero attached hydrogens (tertiary/aromatic N) is 4. The summed E-state index contributed by atoms with van der Waals surface area (Å²) in [5.74, 6) is 0.152. The van der Waals surface area contributed by atoms with Crippen LogP contribution in [-0.2, 0) is 11.3 Å². The Hall–Kier alpha value is -4.15. The molecule has 2 aromatic carbocycles. The first-order valence-corrected chi connectivity index (χ1v) is 12.3. The lowest BCUT2D eigenvalue weighted by Crippen LogP contribution is -2.13. The smallest absolute Gasteiger partial charge is 0.248 e. The van der Waals surface area contributed by atoms with Gasteiger partial charge in [-0.1, -0.05) is 29.8 Å². The Morgan fingerprint density at radius 1 is 1.32 bits per heavy atom. The molecule has 0 bridgehead atoms. The van der Waals surface area contributed by atoms with Crippen molar-refractivity contribution in [3.63, 3.8) is 0 Å². The van der Waals surface area contributed by atoms with Crippen molar-refractivity contribution in [1.29, 1.82) is 0 Å². The molecule has 3 heterocycles. The van der Waals surface area contributed by atoms with Gasteiger partial charge in [-0.2, -0.15) is 0 Å². The van der Waals surface area contributed by atoms with Crippen molar-refractivity contribution < 1.29 is 18.7 Å². The minimum Gasteiger partial charge on any atom is -0.494 e. The number of likely N-dealkylation sites (N-methyl/N-ethyl adjacent to an activating group) is 1. The lowest BCUT2D eigenvalue weighted by molar-refractivity contribution is -0.111. The van der Waals surface area contributed by atoms with Crippen LogP contribution in [0.2, 0.25) is 5.02 Å². The lowest BCUT2D eigenvalue weighted by atomic mass is 10.1. The van der Waals surface area contributed by atoms with Gasteiger partial charge < -0.3 is 29.6 Å². The number of hydrogen-bond donors (Lipinski definition) is 2. The highest BCUT2D eigenvalue weighted by Gasteiger charge is 2.21. The van der Waals surface area contributed by atoms with Gasteiger partial charge in [0.1, 0.15) is 18.1 Å². The van der Waals surface area contributed by atoms with Gasteiger partial charge in [0.25, 0.3) is 0 Å². The Kier molecular flexibility index (Phi) is 7.17. The molecule has 0 atom stereocenters. The maximum Gasteiger partial charge on any atom is 0.248 e. The third-order valence-corrected chi connectivity index (χ3v) is 6.26. The van der Waals surface area contributed by atoms with Crippen molar-refractivity contribution in [2.75, 3.05) is 45.0 Å². The average Bonchev–Trinajstić information content (AvgIpc) is 3.27. The number of benzene rings is 2. The van der Waals surface area contributed by atoms with Crippen LogP contribution >= 0.6 is 11.6 Å². The van der Waals surface area contributed by atoms with Gasteiger partial charge in [-0.25, -0.2) is 14.4 Å². The van der Waals surface area contributed by atoms with Crippen LogP contribution in [0.1, 0.15) is 0 Å². The molecule has 0 spiro atoms. The van der Waals surface area contributed by atoms with Crippen LogP contribution in [0.3, 0.4) is 0 Å². The molecule has 196 valence electrons. The van der Waals surface area contributed by atoms with E-state index in [2.05, 4.69) is 25.2 Å². The predicted octanol–water partition coefficient (Wildman–Crippen LogP) is 5.09. The van der Waals surface area contributed by atoms with Crippen molar-refractivity contribution in [1.82, 2.24) is 19.4 Å². The zero-order chi connectivity index (χ0) is 26.8. The monoisotopic (exact) mass is 536 g/mol. The van der Waals surface area contributed by atoms with E-state index in [1.54, 1.807) is 6.08 Å². The first-order valence-electron chi connectivity index (χ1n) is 11.9. The number of halogens is 2. The molecule has 0 unspecified atom stereocenters. The second kappa shape index (κ2) is 10.7. The molecule has 1 aliphatic rings. The van der Waals surface area contributed by atoms with Crippen LogP contribution in [-0.4, -0.2) is 59.7 Å². The van der Waals surface area contributed by atoms with Crippen molar-refractivity contribution in [3.8, 4) is 22.8 Å². The second-order valence-corrected chi connectivity index (χ2v) is 9.35. The van der Waals surface area contributed by atoms with E-state index in [0.29, 0.717) is 36.1 Å². The molecular weight excluding hydrogens is 511 g/mol. The van der Waals surface area contributed by atoms with E-state index in [4.69, 9.17) is 21.1 Å². The fourth-order valence-corrected chi connectivity index (χ4v) is 4.45. The van der Waals surface area contributed by atoms with E-state index in [1.807, 2.05) is 43.4 Å². The summed E-state index contributed by atoms with van der Waals surface area (Å²) in [6, 6.07) is 8.48. The first-order chi connectivity index (χ1) is 18.3. The van der Waals surface area contributed by atoms with Gasteiger partial charge in [0.2, 0.25) is 11.9 Å². The van der Waals surface area contributed by atoms with Crippen LogP contribution in [0.5, 0.6) is 11.5 Å². The van der Waals surface area contributed by atoms with Gasteiger partial charge in [-0.3, -0.25) is 4.79 Å². The van der Waals surface area contributed by atoms with Gasteiger partial charge in [0.05, 0.1) is 47.5 Å². The van der Waals surface area contributed by atoms with Gasteiger partial charge in [0.15, 0.2) is 5.82 Å². The summed E-state index contributed by atoms with van der Waals surface area (Å²) in [6.07, 6.45) is 6.55. The molecular formula is C27H26ClFN6O3. The lowest BCUT2D eigenvalue weighted by Gasteiger charge is -2.16. The minimum absolute atomic E-state index is 0.0176. The first kappa shape index (κ1) is 25.5. The molecule has 0 fully saturated rings. The average molecular weight is 537 g/mol. The molecule has 11 heteroatoms. The number of aromatic nitrogens is 3. The van der Waals surface area contributed by atoms with Gasteiger partial charge in [-0.05, 0) is 26.2 Å². The minimum atomic E-state index is -0.643. The molecule has 2 aromatic heterocycles. The number of methoxy groups -OCH3 is 1. The second-order valence-electron chi connectivity index (χ2n) is 8.94. The number of hydrogen-bond acceptors (Lipinski definition) is 7. The Labute approximate surface area is 223 Å². The maximum absolute atomic E-state index is 14.7. The standard InChI is InChI=1S/C27H26ClFN6O3/c1-34(2)9-5-8-24(36)31-20-13-21(23(37-3)12-19(20)29)32-27-30-14-18(28)25(33-27)17-15-35-10-11-38-22-7-4-6-16(17)26(22)35/h4-8,12-15H,9-11H2,1-3H3,(H,31,36)(H,30,32,33). The normalized spacial score (nSPS) is 12.7. The van der Waals surface area contributed by atoms with Crippen molar-refractivity contribution in [2.24, 2.45) is 0 Å². The highest BCUT2D eigenvalue weighted by molar-refractivity contribution is 6.33. The molecule has 5 rings (SSSR count). The summed E-state index contributed by atoms with van der Waals surface area (Å²) in [6.45, 7) is 1.88. The summed E-state index contributed by atoms with van der Waals surface area (Å²) in [7, 11) is 5.19. The molecule has 9 nitrogen and oxygen atoms in total. The number of carbonyl (C=O) groups excluding carboxylic acids is 1. The summed E-state index contributed by atoms with van der Waals surface area (Å²) >= 11 is 6.54. The number of anilines is 3. The number of nitrogens with one attached hydrogen (secondary N) is 2. The van der Waals surface area contributed by atoms with E-state index in [9.17, 15) is 9.18 Å². The molecule has 38 heavy (non-hydrogen) atoms. The van der Waals surface area contributed by atoms with E-state index in [1.165, 1.54) is 31.5 Å². The fraction of sp³-hybridized carbons (Fsp3) is 0.222. The van der Waals surface area contributed by atoms with Crippen LogP contribution < -0.4 is 20.1 Å². The molecule has 0 aliphatic carbocycles. The number of carbonyl (C=O) groups is 1. The molecule has 0 saturated carbocycles. The van der Waals surface area contributed by atoms with Crippen LogP contribution in [0.4, 0.5) is 21.7 Å². The molecule has 4 aromatic rings. The van der Waals surface area contributed by atoms with E-state index in [0.717, 1.165) is 22.2 Å². The summed E-state index contributed by atoms with van der Waals surface area (Å²) in [5, 5.41) is 6.97. The van der Waals surface area contributed by atoms with Crippen LogP contribution in [0, 0.1) is 5.82 Å². The molecule has 0 radical (unpaired) electrons. The van der Waals surface area contributed by atoms with Crippen LogP contribution in [0.15, 0.2) is 54.9 Å². The molecule has 0 saturated heterocycles. The highest BCUT2D eigenvalue weighted by Crippen LogP contribution is 2.39. The third-order valence-electron chi connectivity index (χ3n) is 5.98. The number of ether oxygens (including phenoxy) is 2. The summed E-state index contributed by atoms with van der Waals surface area (Å²) in [5.41, 5.74) is 2.71.